The van der Waals surface area contributed by atoms with Crippen LogP contribution in [0.25, 0.3) is 10.9 Å². The maximum Gasteiger partial charge on any atom is 0.323 e. The standard InChI is InChI=1S/C22H17ClN6O4/c1-12-5-6-15(10-16(12)23)28-22(31)27-14-4-2-3-13(9-14)26-17-7-8-18(29(32)33)20-19(17)21(30)25-11-24-20/h2-11,26H,1H3,(H,24,25,30)(H2,27,28,31). The Morgan fingerprint density at radius 2 is 1.79 bits per heavy atom. The first-order valence-corrected chi connectivity index (χ1v) is 10.1. The van der Waals surface area contributed by atoms with Gasteiger partial charge in [-0.25, -0.2) is 9.78 Å². The third-order valence-corrected chi connectivity index (χ3v) is 5.21. The summed E-state index contributed by atoms with van der Waals surface area (Å²) in [5.74, 6) is 0. The van der Waals surface area contributed by atoms with E-state index in [0.29, 0.717) is 27.8 Å². The number of urea groups is 1. The summed E-state index contributed by atoms with van der Waals surface area (Å²) in [7, 11) is 0. The first-order valence-electron chi connectivity index (χ1n) is 9.68. The van der Waals surface area contributed by atoms with Gasteiger partial charge < -0.3 is 20.9 Å². The van der Waals surface area contributed by atoms with E-state index in [1.165, 1.54) is 12.1 Å². The van der Waals surface area contributed by atoms with E-state index in [1.54, 1.807) is 42.5 Å². The monoisotopic (exact) mass is 464 g/mol. The van der Waals surface area contributed by atoms with Gasteiger partial charge >= 0.3 is 6.03 Å². The van der Waals surface area contributed by atoms with Gasteiger partial charge in [0.25, 0.3) is 11.2 Å². The zero-order chi connectivity index (χ0) is 23.5. The molecule has 4 aromatic rings. The summed E-state index contributed by atoms with van der Waals surface area (Å²) in [6, 6.07) is 14.2. The Bertz CT molecular complexity index is 1450. The zero-order valence-corrected chi connectivity index (χ0v) is 17.9. The second-order valence-corrected chi connectivity index (χ2v) is 7.50. The number of nitrogens with one attached hydrogen (secondary N) is 4. The van der Waals surface area contributed by atoms with Crippen LogP contribution in [0.15, 0.2) is 65.7 Å². The Labute approximate surface area is 191 Å². The van der Waals surface area contributed by atoms with Crippen LogP contribution in [-0.2, 0) is 0 Å². The lowest BCUT2D eigenvalue weighted by Crippen LogP contribution is -2.19. The largest absolute Gasteiger partial charge is 0.355 e. The molecule has 0 saturated heterocycles. The first kappa shape index (κ1) is 21.8. The number of aromatic amines is 1. The Morgan fingerprint density at radius 3 is 2.52 bits per heavy atom. The van der Waals surface area contributed by atoms with Crippen molar-refractivity contribution < 1.29 is 9.72 Å². The molecule has 0 atom stereocenters. The van der Waals surface area contributed by atoms with Gasteiger partial charge in [-0.2, -0.15) is 0 Å². The first-order chi connectivity index (χ1) is 15.8. The molecule has 166 valence electrons. The van der Waals surface area contributed by atoms with Crippen LogP contribution >= 0.6 is 11.6 Å². The molecule has 1 aromatic heterocycles. The highest BCUT2D eigenvalue weighted by molar-refractivity contribution is 6.31. The topological polar surface area (TPSA) is 142 Å². The minimum atomic E-state index is -0.594. The molecule has 0 spiro atoms. The van der Waals surface area contributed by atoms with E-state index >= 15 is 0 Å². The van der Waals surface area contributed by atoms with Crippen molar-refractivity contribution in [2.24, 2.45) is 0 Å². The van der Waals surface area contributed by atoms with Crippen molar-refractivity contribution >= 4 is 57.0 Å². The molecule has 4 rings (SSSR count). The maximum absolute atomic E-state index is 12.4. The number of anilines is 4. The van der Waals surface area contributed by atoms with Crippen LogP contribution < -0.4 is 21.5 Å². The molecule has 1 heterocycles. The van der Waals surface area contributed by atoms with Crippen LogP contribution in [0.4, 0.5) is 33.2 Å². The van der Waals surface area contributed by atoms with Gasteiger partial charge in [-0.3, -0.25) is 14.9 Å². The smallest absolute Gasteiger partial charge is 0.323 e. The van der Waals surface area contributed by atoms with Crippen LogP contribution in [-0.4, -0.2) is 20.9 Å². The van der Waals surface area contributed by atoms with Gasteiger partial charge in [0.15, 0.2) is 5.52 Å². The maximum atomic E-state index is 12.4. The number of halogens is 1. The quantitative estimate of drug-likeness (QED) is 0.237. The molecule has 4 N–H and O–H groups in total. The average Bonchev–Trinajstić information content (AvgIpc) is 2.76. The Hall–Kier alpha value is -4.44. The van der Waals surface area contributed by atoms with Crippen LogP contribution in [0.5, 0.6) is 0 Å². The van der Waals surface area contributed by atoms with E-state index < -0.39 is 16.5 Å². The van der Waals surface area contributed by atoms with Gasteiger partial charge in [0.1, 0.15) is 0 Å². The van der Waals surface area contributed by atoms with Crippen molar-refractivity contribution in [2.45, 2.75) is 6.92 Å². The van der Waals surface area contributed by atoms with E-state index in [4.69, 9.17) is 11.6 Å². The number of hydrogen-bond donors (Lipinski definition) is 4. The molecule has 2 amide bonds. The third-order valence-electron chi connectivity index (χ3n) is 4.80. The summed E-state index contributed by atoms with van der Waals surface area (Å²) in [4.78, 5) is 41.8. The van der Waals surface area contributed by atoms with Crippen molar-refractivity contribution in [3.05, 3.63) is 92.0 Å². The highest BCUT2D eigenvalue weighted by Crippen LogP contribution is 2.30. The van der Waals surface area contributed by atoms with E-state index in [9.17, 15) is 19.7 Å². The van der Waals surface area contributed by atoms with Gasteiger partial charge in [-0.05, 0) is 48.9 Å². The van der Waals surface area contributed by atoms with E-state index in [0.717, 1.165) is 11.9 Å². The fourth-order valence-corrected chi connectivity index (χ4v) is 3.39. The van der Waals surface area contributed by atoms with Gasteiger partial charge in [-0.1, -0.05) is 23.7 Å². The lowest BCUT2D eigenvalue weighted by Gasteiger charge is -2.12. The predicted octanol–water partition coefficient (Wildman–Crippen LogP) is 5.18. The van der Waals surface area contributed by atoms with Gasteiger partial charge in [0.2, 0.25) is 0 Å². The third kappa shape index (κ3) is 4.75. The minimum absolute atomic E-state index is 0.0286. The van der Waals surface area contributed by atoms with Gasteiger partial charge in [-0.15, -0.1) is 0 Å². The second-order valence-electron chi connectivity index (χ2n) is 7.09. The number of carbonyl (C=O) groups excluding carboxylic acids is 1. The Balaban J connectivity index is 1.56. The molecule has 0 saturated carbocycles. The van der Waals surface area contributed by atoms with Crippen LogP contribution in [0.2, 0.25) is 5.02 Å². The molecule has 11 heteroatoms. The van der Waals surface area contributed by atoms with E-state index in [2.05, 4.69) is 25.9 Å². The molecular weight excluding hydrogens is 448 g/mol. The fourth-order valence-electron chi connectivity index (χ4n) is 3.21. The molecule has 0 bridgehead atoms. The zero-order valence-electron chi connectivity index (χ0n) is 17.2. The number of H-pyrrole nitrogens is 1. The summed E-state index contributed by atoms with van der Waals surface area (Å²) >= 11 is 6.09. The number of nitro benzene ring substituents is 1. The normalized spacial score (nSPS) is 10.6. The molecule has 0 aliphatic rings. The van der Waals surface area contributed by atoms with Crippen LogP contribution in [0.1, 0.15) is 5.56 Å². The fraction of sp³-hybridized carbons (Fsp3) is 0.0455. The number of carbonyl (C=O) groups is 1. The van der Waals surface area contributed by atoms with Crippen molar-refractivity contribution in [3.8, 4) is 0 Å². The van der Waals surface area contributed by atoms with Crippen molar-refractivity contribution in [2.75, 3.05) is 16.0 Å². The summed E-state index contributed by atoms with van der Waals surface area (Å²) < 4.78 is 0. The molecule has 0 aliphatic heterocycles. The number of non-ortho nitro benzene ring substituents is 1. The summed E-state index contributed by atoms with van der Waals surface area (Å²) in [6.07, 6.45) is 1.12. The number of fused-ring (bicyclic) bond motifs is 1. The Morgan fingerprint density at radius 1 is 1.06 bits per heavy atom. The van der Waals surface area contributed by atoms with Crippen molar-refractivity contribution in [3.63, 3.8) is 0 Å². The molecule has 0 fully saturated rings. The lowest BCUT2D eigenvalue weighted by atomic mass is 10.1. The summed E-state index contributed by atoms with van der Waals surface area (Å²) in [6.45, 7) is 1.86. The highest BCUT2D eigenvalue weighted by Gasteiger charge is 2.18. The number of rotatable bonds is 5. The number of aryl methyl sites for hydroxylation is 1. The number of benzene rings is 3. The molecular formula is C22H17ClN6O4. The van der Waals surface area contributed by atoms with Crippen molar-refractivity contribution in [1.82, 2.24) is 9.97 Å². The number of aromatic nitrogens is 2. The minimum Gasteiger partial charge on any atom is -0.355 e. The molecule has 33 heavy (non-hydrogen) atoms. The Kier molecular flexibility index (Phi) is 5.92. The molecule has 0 unspecified atom stereocenters. The molecule has 0 radical (unpaired) electrons. The lowest BCUT2D eigenvalue weighted by molar-refractivity contribution is -0.383. The van der Waals surface area contributed by atoms with E-state index in [-0.39, 0.29) is 16.6 Å². The number of nitro groups is 1. The molecule has 0 aliphatic carbocycles. The highest BCUT2D eigenvalue weighted by atomic mass is 35.5. The van der Waals surface area contributed by atoms with Gasteiger partial charge in [0.05, 0.1) is 22.3 Å². The number of amides is 2. The van der Waals surface area contributed by atoms with Gasteiger partial charge in [0, 0.05) is 28.2 Å². The molecule has 3 aromatic carbocycles. The number of hydrogen-bond acceptors (Lipinski definition) is 6. The van der Waals surface area contributed by atoms with Crippen LogP contribution in [0.3, 0.4) is 0 Å². The van der Waals surface area contributed by atoms with Crippen molar-refractivity contribution in [1.29, 1.82) is 0 Å². The average molecular weight is 465 g/mol. The SMILES string of the molecule is Cc1ccc(NC(=O)Nc2cccc(Nc3ccc([N+](=O)[O-])c4nc[nH]c(=O)c34)c2)cc1Cl. The molecule has 10 nitrogen and oxygen atoms in total. The van der Waals surface area contributed by atoms with Crippen LogP contribution in [0, 0.1) is 17.0 Å². The number of nitrogens with zero attached hydrogens (tertiary/aromatic N) is 2. The predicted molar refractivity (Wildman–Crippen MR) is 128 cm³/mol. The summed E-state index contributed by atoms with van der Waals surface area (Å²) in [5.41, 5.74) is 1.98. The van der Waals surface area contributed by atoms with E-state index in [1.807, 2.05) is 6.92 Å². The second kappa shape index (κ2) is 8.97. The summed E-state index contributed by atoms with van der Waals surface area (Å²) in [5, 5.41) is 20.4.